The minimum absolute atomic E-state index is 0.0928. The summed E-state index contributed by atoms with van der Waals surface area (Å²) >= 11 is 0. The molecule has 2 rings (SSSR count). The predicted molar refractivity (Wildman–Crippen MR) is 66.1 cm³/mol. The molecule has 2 amide bonds. The summed E-state index contributed by atoms with van der Waals surface area (Å²) in [6.07, 6.45) is 5.60. The van der Waals surface area contributed by atoms with E-state index in [4.69, 9.17) is 10.2 Å². The molecule has 5 heteroatoms. The van der Waals surface area contributed by atoms with Crippen molar-refractivity contribution in [2.75, 3.05) is 6.54 Å². The molecule has 0 aromatic carbocycles. The van der Waals surface area contributed by atoms with Gasteiger partial charge in [0, 0.05) is 18.9 Å². The SMILES string of the molecule is NC(=O)CCCCNC(=O)c1ccoc1C1CC1. The number of hydrogen-bond acceptors (Lipinski definition) is 3. The van der Waals surface area contributed by atoms with Crippen LogP contribution in [0.1, 0.15) is 54.1 Å². The molecule has 1 aromatic heterocycles. The van der Waals surface area contributed by atoms with Crippen LogP contribution in [0.5, 0.6) is 0 Å². The first-order valence-corrected chi connectivity index (χ1v) is 6.32. The van der Waals surface area contributed by atoms with Crippen molar-refractivity contribution in [3.8, 4) is 0 Å². The Morgan fingerprint density at radius 1 is 1.39 bits per heavy atom. The summed E-state index contributed by atoms with van der Waals surface area (Å²) < 4.78 is 5.35. The van der Waals surface area contributed by atoms with Gasteiger partial charge in [-0.15, -0.1) is 0 Å². The molecule has 0 spiro atoms. The number of hydrogen-bond donors (Lipinski definition) is 2. The van der Waals surface area contributed by atoms with Crippen LogP contribution in [0, 0.1) is 0 Å². The molecule has 18 heavy (non-hydrogen) atoms. The van der Waals surface area contributed by atoms with Crippen LogP contribution in [0.4, 0.5) is 0 Å². The predicted octanol–water partition coefficient (Wildman–Crippen LogP) is 1.54. The Hall–Kier alpha value is -1.78. The average molecular weight is 250 g/mol. The van der Waals surface area contributed by atoms with E-state index in [9.17, 15) is 9.59 Å². The first kappa shape index (κ1) is 12.7. The topological polar surface area (TPSA) is 85.3 Å². The van der Waals surface area contributed by atoms with Crippen molar-refractivity contribution >= 4 is 11.8 Å². The number of unbranched alkanes of at least 4 members (excludes halogenated alkanes) is 1. The first-order valence-electron chi connectivity index (χ1n) is 6.32. The molecule has 1 aromatic rings. The van der Waals surface area contributed by atoms with E-state index in [2.05, 4.69) is 5.32 Å². The number of nitrogens with one attached hydrogen (secondary N) is 1. The minimum Gasteiger partial charge on any atom is -0.468 e. The zero-order valence-electron chi connectivity index (χ0n) is 10.3. The Kier molecular flexibility index (Phi) is 4.02. The molecular formula is C13H18N2O3. The van der Waals surface area contributed by atoms with Gasteiger partial charge in [-0.3, -0.25) is 9.59 Å². The molecule has 1 saturated carbocycles. The molecular weight excluding hydrogens is 232 g/mol. The van der Waals surface area contributed by atoms with E-state index in [1.54, 1.807) is 12.3 Å². The van der Waals surface area contributed by atoms with Gasteiger partial charge in [-0.1, -0.05) is 0 Å². The van der Waals surface area contributed by atoms with Crippen molar-refractivity contribution < 1.29 is 14.0 Å². The standard InChI is InChI=1S/C13H18N2O3/c14-11(16)3-1-2-7-15-13(17)10-6-8-18-12(10)9-4-5-9/h6,8-9H,1-5,7H2,(H2,14,16)(H,15,17). The summed E-state index contributed by atoms with van der Waals surface area (Å²) in [6.45, 7) is 0.557. The van der Waals surface area contributed by atoms with Crippen LogP contribution in [0.3, 0.4) is 0 Å². The fraction of sp³-hybridized carbons (Fsp3) is 0.538. The van der Waals surface area contributed by atoms with Gasteiger partial charge < -0.3 is 15.5 Å². The molecule has 98 valence electrons. The summed E-state index contributed by atoms with van der Waals surface area (Å²) in [7, 11) is 0. The monoisotopic (exact) mass is 250 g/mol. The van der Waals surface area contributed by atoms with Crippen LogP contribution in [-0.4, -0.2) is 18.4 Å². The molecule has 3 N–H and O–H groups in total. The lowest BCUT2D eigenvalue weighted by Crippen LogP contribution is -2.25. The number of furan rings is 1. The number of carbonyl (C=O) groups is 2. The summed E-state index contributed by atoms with van der Waals surface area (Å²) in [5, 5.41) is 2.83. The van der Waals surface area contributed by atoms with Crippen molar-refractivity contribution in [3.05, 3.63) is 23.7 Å². The maximum Gasteiger partial charge on any atom is 0.254 e. The molecule has 1 aliphatic rings. The van der Waals surface area contributed by atoms with Crippen molar-refractivity contribution in [3.63, 3.8) is 0 Å². The van der Waals surface area contributed by atoms with Gasteiger partial charge in [-0.05, 0) is 31.7 Å². The Balaban J connectivity index is 1.74. The number of amides is 2. The first-order chi connectivity index (χ1) is 8.68. The van der Waals surface area contributed by atoms with E-state index < -0.39 is 0 Å². The van der Waals surface area contributed by atoms with Crippen LogP contribution in [0.25, 0.3) is 0 Å². The Labute approximate surface area is 106 Å². The van der Waals surface area contributed by atoms with Gasteiger partial charge in [0.25, 0.3) is 5.91 Å². The van der Waals surface area contributed by atoms with E-state index in [1.807, 2.05) is 0 Å². The van der Waals surface area contributed by atoms with E-state index in [1.165, 1.54) is 0 Å². The highest BCUT2D eigenvalue weighted by atomic mass is 16.3. The Bertz CT molecular complexity index is 435. The van der Waals surface area contributed by atoms with Gasteiger partial charge in [0.15, 0.2) is 0 Å². The summed E-state index contributed by atoms with van der Waals surface area (Å²) in [4.78, 5) is 22.4. The average Bonchev–Trinajstić information content (AvgIpc) is 3.05. The second-order valence-corrected chi connectivity index (χ2v) is 4.65. The van der Waals surface area contributed by atoms with E-state index in [0.29, 0.717) is 30.9 Å². The molecule has 0 aliphatic heterocycles. The molecule has 5 nitrogen and oxygen atoms in total. The highest BCUT2D eigenvalue weighted by Gasteiger charge is 2.31. The zero-order valence-corrected chi connectivity index (χ0v) is 10.3. The summed E-state index contributed by atoms with van der Waals surface area (Å²) in [6, 6.07) is 1.71. The highest BCUT2D eigenvalue weighted by Crippen LogP contribution is 2.41. The molecule has 1 heterocycles. The van der Waals surface area contributed by atoms with Crippen LogP contribution in [0.2, 0.25) is 0 Å². The van der Waals surface area contributed by atoms with Crippen molar-refractivity contribution in [1.82, 2.24) is 5.32 Å². The van der Waals surface area contributed by atoms with Crippen molar-refractivity contribution in [1.29, 1.82) is 0 Å². The van der Waals surface area contributed by atoms with E-state index >= 15 is 0 Å². The smallest absolute Gasteiger partial charge is 0.254 e. The Morgan fingerprint density at radius 3 is 2.83 bits per heavy atom. The largest absolute Gasteiger partial charge is 0.468 e. The third-order valence-electron chi connectivity index (χ3n) is 3.02. The van der Waals surface area contributed by atoms with Crippen molar-refractivity contribution in [2.24, 2.45) is 5.73 Å². The number of primary amides is 1. The molecule has 1 fully saturated rings. The lowest BCUT2D eigenvalue weighted by atomic mass is 10.1. The maximum atomic E-state index is 11.9. The van der Waals surface area contributed by atoms with Gasteiger partial charge in [-0.25, -0.2) is 0 Å². The highest BCUT2D eigenvalue weighted by molar-refractivity contribution is 5.95. The third kappa shape index (κ3) is 3.35. The van der Waals surface area contributed by atoms with Crippen LogP contribution >= 0.6 is 0 Å². The van der Waals surface area contributed by atoms with Gasteiger partial charge in [0.1, 0.15) is 5.76 Å². The number of nitrogens with two attached hydrogens (primary N) is 1. The second-order valence-electron chi connectivity index (χ2n) is 4.65. The van der Waals surface area contributed by atoms with Crippen LogP contribution in [-0.2, 0) is 4.79 Å². The van der Waals surface area contributed by atoms with Gasteiger partial charge >= 0.3 is 0 Å². The molecule has 0 saturated heterocycles. The van der Waals surface area contributed by atoms with Gasteiger partial charge in [0.2, 0.25) is 5.91 Å². The molecule has 0 bridgehead atoms. The normalized spacial score (nSPS) is 14.4. The molecule has 0 radical (unpaired) electrons. The maximum absolute atomic E-state index is 11.9. The fourth-order valence-corrected chi connectivity index (χ4v) is 1.89. The molecule has 0 atom stereocenters. The van der Waals surface area contributed by atoms with Crippen LogP contribution in [0.15, 0.2) is 16.7 Å². The quantitative estimate of drug-likeness (QED) is 0.720. The minimum atomic E-state index is -0.299. The summed E-state index contributed by atoms with van der Waals surface area (Å²) in [5.41, 5.74) is 5.68. The van der Waals surface area contributed by atoms with Gasteiger partial charge in [-0.2, -0.15) is 0 Å². The molecule has 0 unspecified atom stereocenters. The van der Waals surface area contributed by atoms with Crippen molar-refractivity contribution in [2.45, 2.75) is 38.0 Å². The lowest BCUT2D eigenvalue weighted by Gasteiger charge is -2.04. The van der Waals surface area contributed by atoms with Crippen LogP contribution < -0.4 is 11.1 Å². The van der Waals surface area contributed by atoms with E-state index in [0.717, 1.165) is 25.0 Å². The summed E-state index contributed by atoms with van der Waals surface area (Å²) in [5.74, 6) is 0.845. The Morgan fingerprint density at radius 2 is 2.17 bits per heavy atom. The zero-order chi connectivity index (χ0) is 13.0. The number of carbonyl (C=O) groups excluding carboxylic acids is 2. The van der Waals surface area contributed by atoms with Gasteiger partial charge in [0.05, 0.1) is 11.8 Å². The molecule has 1 aliphatic carbocycles. The lowest BCUT2D eigenvalue weighted by molar-refractivity contribution is -0.118. The van der Waals surface area contributed by atoms with E-state index in [-0.39, 0.29) is 11.8 Å². The number of rotatable bonds is 7. The third-order valence-corrected chi connectivity index (χ3v) is 3.02. The second kappa shape index (κ2) is 5.71. The fourth-order valence-electron chi connectivity index (χ4n) is 1.89.